The number of nitrogens with one attached hydrogen (secondary N) is 1. The van der Waals surface area contributed by atoms with Crippen LogP contribution in [0.1, 0.15) is 15.9 Å². The van der Waals surface area contributed by atoms with Crippen molar-refractivity contribution in [2.24, 2.45) is 5.10 Å². The Bertz CT molecular complexity index is 1320. The molecule has 1 amide bonds. The molecule has 0 fully saturated rings. The van der Waals surface area contributed by atoms with Gasteiger partial charge < -0.3 is 9.47 Å². The van der Waals surface area contributed by atoms with Gasteiger partial charge in [-0.2, -0.15) is 5.10 Å². The Morgan fingerprint density at radius 1 is 0.771 bits per heavy atom. The van der Waals surface area contributed by atoms with Crippen molar-refractivity contribution < 1.29 is 19.1 Å². The summed E-state index contributed by atoms with van der Waals surface area (Å²) in [6.07, 6.45) is 1.49. The van der Waals surface area contributed by atoms with E-state index in [9.17, 15) is 9.59 Å². The van der Waals surface area contributed by atoms with Gasteiger partial charge in [-0.1, -0.05) is 54.6 Å². The maximum Gasteiger partial charge on any atom is 0.344 e. The Morgan fingerprint density at radius 2 is 1.40 bits per heavy atom. The van der Waals surface area contributed by atoms with E-state index < -0.39 is 5.97 Å². The zero-order chi connectivity index (χ0) is 24.5. The summed E-state index contributed by atoms with van der Waals surface area (Å²) in [6, 6.07) is 31.3. The summed E-state index contributed by atoms with van der Waals surface area (Å²) >= 11 is 3.34. The Balaban J connectivity index is 1.23. The van der Waals surface area contributed by atoms with Gasteiger partial charge >= 0.3 is 5.97 Å². The minimum atomic E-state index is -0.458. The van der Waals surface area contributed by atoms with E-state index in [1.165, 1.54) is 6.21 Å². The summed E-state index contributed by atoms with van der Waals surface area (Å²) in [5.74, 6) is 0.156. The van der Waals surface area contributed by atoms with E-state index >= 15 is 0 Å². The van der Waals surface area contributed by atoms with Gasteiger partial charge in [-0.05, 0) is 81.2 Å². The number of hydrogen-bond acceptors (Lipinski definition) is 5. The third-order valence-electron chi connectivity index (χ3n) is 4.92. The fourth-order valence-electron chi connectivity index (χ4n) is 3.14. The second-order valence-corrected chi connectivity index (χ2v) is 8.26. The first-order chi connectivity index (χ1) is 17.1. The Kier molecular flexibility index (Phi) is 8.04. The predicted octanol–water partition coefficient (Wildman–Crippen LogP) is 5.86. The van der Waals surface area contributed by atoms with Crippen molar-refractivity contribution in [3.05, 3.63) is 119 Å². The second kappa shape index (κ2) is 11.8. The van der Waals surface area contributed by atoms with Crippen molar-refractivity contribution in [1.29, 1.82) is 0 Å². The maximum absolute atomic E-state index is 12.3. The molecule has 0 radical (unpaired) electrons. The highest BCUT2D eigenvalue weighted by atomic mass is 79.9. The van der Waals surface area contributed by atoms with Gasteiger partial charge in [0.1, 0.15) is 11.5 Å². The highest BCUT2D eigenvalue weighted by Gasteiger charge is 2.11. The average molecular weight is 529 g/mol. The Morgan fingerprint density at radius 3 is 2.11 bits per heavy atom. The van der Waals surface area contributed by atoms with Crippen LogP contribution in [0.25, 0.3) is 11.1 Å². The largest absolute Gasteiger partial charge is 0.484 e. The van der Waals surface area contributed by atoms with Gasteiger partial charge in [0.05, 0.1) is 11.8 Å². The fourth-order valence-corrected chi connectivity index (χ4v) is 3.59. The van der Waals surface area contributed by atoms with Crippen LogP contribution in [0.5, 0.6) is 11.5 Å². The van der Waals surface area contributed by atoms with Crippen molar-refractivity contribution >= 4 is 34.0 Å². The number of rotatable bonds is 8. The van der Waals surface area contributed by atoms with Crippen molar-refractivity contribution in [2.75, 3.05) is 6.61 Å². The maximum atomic E-state index is 12.3. The fraction of sp³-hybridized carbons (Fsp3) is 0.0357. The number of carbonyl (C=O) groups is 2. The predicted molar refractivity (Wildman–Crippen MR) is 139 cm³/mol. The van der Waals surface area contributed by atoms with Crippen LogP contribution in [0.3, 0.4) is 0 Å². The van der Waals surface area contributed by atoms with Crippen LogP contribution in [0, 0.1) is 0 Å². The molecule has 4 rings (SSSR count). The summed E-state index contributed by atoms with van der Waals surface area (Å²) in [7, 11) is 0. The molecule has 4 aromatic carbocycles. The number of hydrogen-bond donors (Lipinski definition) is 1. The SMILES string of the molecule is O=C(COc1ccc(-c2ccccc2)cc1)N/N=C\c1ccc(OC(=O)c2ccccc2Br)cc1. The normalized spacial score (nSPS) is 10.7. The van der Waals surface area contributed by atoms with Crippen LogP contribution in [0.4, 0.5) is 0 Å². The molecule has 0 heterocycles. The van der Waals surface area contributed by atoms with E-state index in [0.29, 0.717) is 21.5 Å². The first kappa shape index (κ1) is 23.9. The number of esters is 1. The Hall–Kier alpha value is -4.23. The van der Waals surface area contributed by atoms with Crippen LogP contribution in [-0.2, 0) is 4.79 Å². The van der Waals surface area contributed by atoms with Crippen molar-refractivity contribution in [2.45, 2.75) is 0 Å². The number of amides is 1. The van der Waals surface area contributed by atoms with Crippen LogP contribution in [0.15, 0.2) is 113 Å². The molecular formula is C28H21BrN2O4. The van der Waals surface area contributed by atoms with E-state index in [1.807, 2.05) is 60.7 Å². The second-order valence-electron chi connectivity index (χ2n) is 7.41. The van der Waals surface area contributed by atoms with Gasteiger partial charge in [0.2, 0.25) is 0 Å². The lowest BCUT2D eigenvalue weighted by molar-refractivity contribution is -0.123. The van der Waals surface area contributed by atoms with Crippen LogP contribution >= 0.6 is 15.9 Å². The summed E-state index contributed by atoms with van der Waals surface area (Å²) < 4.78 is 11.6. The van der Waals surface area contributed by atoms with Gasteiger partial charge in [-0.15, -0.1) is 0 Å². The van der Waals surface area contributed by atoms with Gasteiger partial charge in [-0.25, -0.2) is 10.2 Å². The summed E-state index contributed by atoms with van der Waals surface area (Å²) in [5, 5.41) is 3.94. The molecule has 0 bridgehead atoms. The third kappa shape index (κ3) is 6.88. The van der Waals surface area contributed by atoms with E-state index in [0.717, 1.165) is 16.7 Å². The molecule has 35 heavy (non-hydrogen) atoms. The van der Waals surface area contributed by atoms with E-state index in [2.05, 4.69) is 26.5 Å². The minimum Gasteiger partial charge on any atom is -0.484 e. The standard InChI is InChI=1S/C28H21BrN2O4/c29-26-9-5-4-8-25(26)28(33)35-24-14-10-20(11-15-24)18-30-31-27(32)19-34-23-16-12-22(13-17-23)21-6-2-1-3-7-21/h1-18H,19H2,(H,31,32)/b30-18-. The zero-order valence-corrected chi connectivity index (χ0v) is 20.1. The van der Waals surface area contributed by atoms with E-state index in [1.54, 1.807) is 42.5 Å². The highest BCUT2D eigenvalue weighted by molar-refractivity contribution is 9.10. The molecule has 1 N–H and O–H groups in total. The first-order valence-electron chi connectivity index (χ1n) is 10.8. The number of hydrazone groups is 1. The molecule has 0 spiro atoms. The lowest BCUT2D eigenvalue weighted by atomic mass is 10.1. The number of benzene rings is 4. The quantitative estimate of drug-likeness (QED) is 0.134. The lowest BCUT2D eigenvalue weighted by Crippen LogP contribution is -2.24. The molecule has 174 valence electrons. The molecule has 6 nitrogen and oxygen atoms in total. The van der Waals surface area contributed by atoms with Crippen LogP contribution in [-0.4, -0.2) is 24.7 Å². The molecule has 4 aromatic rings. The molecule has 0 aliphatic carbocycles. The van der Waals surface area contributed by atoms with E-state index in [4.69, 9.17) is 9.47 Å². The number of nitrogens with zero attached hydrogens (tertiary/aromatic N) is 1. The number of ether oxygens (including phenoxy) is 2. The Labute approximate surface area is 211 Å². The van der Waals surface area contributed by atoms with Crippen molar-refractivity contribution in [1.82, 2.24) is 5.43 Å². The molecule has 0 saturated carbocycles. The summed E-state index contributed by atoms with van der Waals surface area (Å²) in [4.78, 5) is 24.3. The van der Waals surface area contributed by atoms with E-state index in [-0.39, 0.29) is 12.5 Å². The monoisotopic (exact) mass is 528 g/mol. The zero-order valence-electron chi connectivity index (χ0n) is 18.6. The lowest BCUT2D eigenvalue weighted by Gasteiger charge is -2.07. The molecule has 0 unspecified atom stereocenters. The molecule has 0 saturated heterocycles. The molecule has 0 aliphatic rings. The van der Waals surface area contributed by atoms with Gasteiger partial charge in [0, 0.05) is 4.47 Å². The average Bonchev–Trinajstić information content (AvgIpc) is 2.89. The molecular weight excluding hydrogens is 508 g/mol. The van der Waals surface area contributed by atoms with Gasteiger partial charge in [-0.3, -0.25) is 4.79 Å². The summed E-state index contributed by atoms with van der Waals surface area (Å²) in [6.45, 7) is -0.161. The van der Waals surface area contributed by atoms with Gasteiger partial charge in [0.25, 0.3) is 5.91 Å². The molecule has 0 aromatic heterocycles. The highest BCUT2D eigenvalue weighted by Crippen LogP contribution is 2.22. The van der Waals surface area contributed by atoms with Crippen LogP contribution < -0.4 is 14.9 Å². The molecule has 0 aliphatic heterocycles. The topological polar surface area (TPSA) is 77.0 Å². The van der Waals surface area contributed by atoms with Gasteiger partial charge in [0.15, 0.2) is 6.61 Å². The number of carbonyl (C=O) groups excluding carboxylic acids is 2. The molecule has 7 heteroatoms. The first-order valence-corrected chi connectivity index (χ1v) is 11.5. The third-order valence-corrected chi connectivity index (χ3v) is 5.61. The summed E-state index contributed by atoms with van der Waals surface area (Å²) in [5.41, 5.74) is 5.78. The molecule has 0 atom stereocenters. The minimum absolute atomic E-state index is 0.161. The smallest absolute Gasteiger partial charge is 0.344 e. The van der Waals surface area contributed by atoms with Crippen LogP contribution in [0.2, 0.25) is 0 Å². The van der Waals surface area contributed by atoms with Crippen molar-refractivity contribution in [3.8, 4) is 22.6 Å². The number of halogens is 1. The van der Waals surface area contributed by atoms with Crippen molar-refractivity contribution in [3.63, 3.8) is 0 Å².